The second kappa shape index (κ2) is 8.98. The van der Waals surface area contributed by atoms with Crippen molar-refractivity contribution in [3.8, 4) is 0 Å². The lowest BCUT2D eigenvalue weighted by atomic mass is 10.1. The predicted octanol–water partition coefficient (Wildman–Crippen LogP) is 3.31. The second-order valence-electron chi connectivity index (χ2n) is 6.74. The van der Waals surface area contributed by atoms with Crippen LogP contribution in [0.3, 0.4) is 0 Å². The number of anilines is 1. The molecule has 2 aromatic carbocycles. The molecule has 1 fully saturated rings. The molecular weight excluding hydrogens is 401 g/mol. The van der Waals surface area contributed by atoms with Gasteiger partial charge in [-0.05, 0) is 48.4 Å². The first-order valence-corrected chi connectivity index (χ1v) is 9.24. The summed E-state index contributed by atoms with van der Waals surface area (Å²) in [6.45, 7) is -0.122. The van der Waals surface area contributed by atoms with E-state index in [0.29, 0.717) is 24.2 Å². The molecule has 0 spiro atoms. The third-order valence-electron chi connectivity index (χ3n) is 4.56. The number of halogens is 3. The van der Waals surface area contributed by atoms with E-state index in [2.05, 4.69) is 5.32 Å². The molecule has 158 valence electrons. The molecule has 0 aliphatic carbocycles. The number of ether oxygens (including phenoxy) is 1. The molecule has 1 N–H and O–H groups in total. The van der Waals surface area contributed by atoms with Crippen molar-refractivity contribution in [2.75, 3.05) is 18.0 Å². The Bertz CT molecular complexity index is 942. The molecule has 0 aromatic heterocycles. The van der Waals surface area contributed by atoms with Gasteiger partial charge in [-0.15, -0.1) is 0 Å². The Morgan fingerprint density at radius 1 is 1.10 bits per heavy atom. The zero-order valence-corrected chi connectivity index (χ0v) is 15.9. The Hall–Kier alpha value is -3.36. The van der Waals surface area contributed by atoms with Crippen molar-refractivity contribution < 1.29 is 32.3 Å². The van der Waals surface area contributed by atoms with Gasteiger partial charge in [0.2, 0.25) is 5.91 Å². The number of nitrogens with zero attached hydrogens (tertiary/aromatic N) is 1. The summed E-state index contributed by atoms with van der Waals surface area (Å²) in [5, 5.41) is 2.39. The van der Waals surface area contributed by atoms with Crippen LogP contribution in [-0.4, -0.2) is 30.9 Å². The van der Waals surface area contributed by atoms with E-state index in [1.54, 1.807) is 29.2 Å². The van der Waals surface area contributed by atoms with Crippen molar-refractivity contribution in [3.05, 3.63) is 65.2 Å². The zero-order valence-electron chi connectivity index (χ0n) is 15.9. The Labute approximate surface area is 170 Å². The topological polar surface area (TPSA) is 75.7 Å². The van der Waals surface area contributed by atoms with Gasteiger partial charge in [-0.2, -0.15) is 13.2 Å². The van der Waals surface area contributed by atoms with Crippen LogP contribution in [0, 0.1) is 0 Å². The van der Waals surface area contributed by atoms with E-state index in [4.69, 9.17) is 4.74 Å². The van der Waals surface area contributed by atoms with Gasteiger partial charge in [0.15, 0.2) is 0 Å². The molecular formula is C21H19F3N2O4. The standard InChI is InChI=1S/C21H19F3N2O4/c22-21(23,24)16-4-1-3-14(11-16)13-30-19(28)12-25-20(29)15-6-8-17(9-7-15)26-10-2-5-18(26)27/h1,3-4,6-9,11H,2,5,10,12-13H2,(H,25,29). The van der Waals surface area contributed by atoms with E-state index in [9.17, 15) is 27.6 Å². The molecule has 1 aliphatic heterocycles. The Morgan fingerprint density at radius 2 is 1.83 bits per heavy atom. The van der Waals surface area contributed by atoms with Gasteiger partial charge in [-0.25, -0.2) is 0 Å². The fourth-order valence-electron chi connectivity index (χ4n) is 3.02. The van der Waals surface area contributed by atoms with Crippen LogP contribution in [0.2, 0.25) is 0 Å². The zero-order chi connectivity index (χ0) is 21.7. The minimum Gasteiger partial charge on any atom is -0.460 e. The molecule has 1 aliphatic rings. The summed E-state index contributed by atoms with van der Waals surface area (Å²) >= 11 is 0. The normalized spacial score (nSPS) is 14.0. The number of rotatable bonds is 6. The molecule has 1 saturated heterocycles. The number of hydrogen-bond acceptors (Lipinski definition) is 4. The smallest absolute Gasteiger partial charge is 0.416 e. The van der Waals surface area contributed by atoms with Crippen LogP contribution >= 0.6 is 0 Å². The highest BCUT2D eigenvalue weighted by Gasteiger charge is 2.30. The first-order valence-electron chi connectivity index (χ1n) is 9.24. The van der Waals surface area contributed by atoms with E-state index < -0.39 is 30.2 Å². The maximum absolute atomic E-state index is 12.7. The summed E-state index contributed by atoms with van der Waals surface area (Å²) in [4.78, 5) is 37.3. The summed E-state index contributed by atoms with van der Waals surface area (Å²) < 4.78 is 43.0. The van der Waals surface area contributed by atoms with Crippen LogP contribution in [0.5, 0.6) is 0 Å². The lowest BCUT2D eigenvalue weighted by Crippen LogP contribution is -2.30. The monoisotopic (exact) mass is 420 g/mol. The molecule has 9 heteroatoms. The fraction of sp³-hybridized carbons (Fsp3) is 0.286. The summed E-state index contributed by atoms with van der Waals surface area (Å²) in [6.07, 6.45) is -3.18. The molecule has 30 heavy (non-hydrogen) atoms. The third-order valence-corrected chi connectivity index (χ3v) is 4.56. The lowest BCUT2D eigenvalue weighted by Gasteiger charge is -2.15. The summed E-state index contributed by atoms with van der Waals surface area (Å²) in [5.41, 5.74) is 0.366. The van der Waals surface area contributed by atoms with Crippen LogP contribution < -0.4 is 10.2 Å². The highest BCUT2D eigenvalue weighted by Crippen LogP contribution is 2.29. The Morgan fingerprint density at radius 3 is 2.47 bits per heavy atom. The van der Waals surface area contributed by atoms with Crippen molar-refractivity contribution in [2.24, 2.45) is 0 Å². The number of nitrogens with one attached hydrogen (secondary N) is 1. The molecule has 0 saturated carbocycles. The highest BCUT2D eigenvalue weighted by atomic mass is 19.4. The molecule has 2 amide bonds. The summed E-state index contributed by atoms with van der Waals surface area (Å²) in [6, 6.07) is 10.9. The van der Waals surface area contributed by atoms with Gasteiger partial charge in [-0.1, -0.05) is 12.1 Å². The quantitative estimate of drug-likeness (QED) is 0.728. The van der Waals surface area contributed by atoms with Gasteiger partial charge in [0, 0.05) is 24.2 Å². The van der Waals surface area contributed by atoms with Crippen molar-refractivity contribution in [2.45, 2.75) is 25.6 Å². The first kappa shape index (κ1) is 21.4. The molecule has 0 unspecified atom stereocenters. The van der Waals surface area contributed by atoms with Crippen molar-refractivity contribution in [3.63, 3.8) is 0 Å². The molecule has 2 aromatic rings. The van der Waals surface area contributed by atoms with Crippen LogP contribution in [0.1, 0.15) is 34.3 Å². The Kier molecular flexibility index (Phi) is 6.39. The van der Waals surface area contributed by atoms with E-state index >= 15 is 0 Å². The molecule has 3 rings (SSSR count). The molecule has 0 atom stereocenters. The highest BCUT2D eigenvalue weighted by molar-refractivity contribution is 5.98. The maximum atomic E-state index is 12.7. The van der Waals surface area contributed by atoms with Crippen LogP contribution in [0.25, 0.3) is 0 Å². The number of amides is 2. The summed E-state index contributed by atoms with van der Waals surface area (Å²) in [5.74, 6) is -1.25. The number of esters is 1. The molecule has 6 nitrogen and oxygen atoms in total. The maximum Gasteiger partial charge on any atom is 0.416 e. The molecule has 0 bridgehead atoms. The number of carbonyl (C=O) groups is 3. The van der Waals surface area contributed by atoms with Crippen LogP contribution in [-0.2, 0) is 27.1 Å². The van der Waals surface area contributed by atoms with Crippen molar-refractivity contribution >= 4 is 23.5 Å². The van der Waals surface area contributed by atoms with Crippen molar-refractivity contribution in [1.29, 1.82) is 0 Å². The number of hydrogen-bond donors (Lipinski definition) is 1. The summed E-state index contributed by atoms with van der Waals surface area (Å²) in [7, 11) is 0. The van der Waals surface area contributed by atoms with E-state index in [0.717, 1.165) is 18.6 Å². The van der Waals surface area contributed by atoms with E-state index in [-0.39, 0.29) is 18.1 Å². The van der Waals surface area contributed by atoms with Gasteiger partial charge in [0.05, 0.1) is 5.56 Å². The fourth-order valence-corrected chi connectivity index (χ4v) is 3.02. The molecule has 1 heterocycles. The average molecular weight is 420 g/mol. The van der Waals surface area contributed by atoms with Gasteiger partial charge >= 0.3 is 12.1 Å². The van der Waals surface area contributed by atoms with Gasteiger partial charge in [0.1, 0.15) is 13.2 Å². The van der Waals surface area contributed by atoms with Crippen LogP contribution in [0.4, 0.5) is 18.9 Å². The predicted molar refractivity (Wildman–Crippen MR) is 102 cm³/mol. The van der Waals surface area contributed by atoms with Gasteiger partial charge < -0.3 is 15.0 Å². The van der Waals surface area contributed by atoms with Gasteiger partial charge in [0.25, 0.3) is 5.91 Å². The third kappa shape index (κ3) is 5.37. The first-order chi connectivity index (χ1) is 14.2. The van der Waals surface area contributed by atoms with Gasteiger partial charge in [-0.3, -0.25) is 14.4 Å². The number of alkyl halides is 3. The van der Waals surface area contributed by atoms with Crippen LogP contribution in [0.15, 0.2) is 48.5 Å². The van der Waals surface area contributed by atoms with E-state index in [1.807, 2.05) is 0 Å². The SMILES string of the molecule is O=C(CNC(=O)c1ccc(N2CCCC2=O)cc1)OCc1cccc(C(F)(F)F)c1. The van der Waals surface area contributed by atoms with E-state index in [1.165, 1.54) is 12.1 Å². The average Bonchev–Trinajstić information content (AvgIpc) is 3.16. The van der Waals surface area contributed by atoms with Crippen molar-refractivity contribution in [1.82, 2.24) is 5.32 Å². The number of benzene rings is 2. The Balaban J connectivity index is 1.47. The number of carbonyl (C=O) groups excluding carboxylic acids is 3. The minimum atomic E-state index is -4.48. The molecule has 0 radical (unpaired) electrons. The minimum absolute atomic E-state index is 0.0377. The largest absolute Gasteiger partial charge is 0.460 e. The lowest BCUT2D eigenvalue weighted by molar-refractivity contribution is -0.143. The second-order valence-corrected chi connectivity index (χ2v) is 6.74.